The van der Waals surface area contributed by atoms with Gasteiger partial charge in [0.2, 0.25) is 0 Å². The number of hydrogen-bond donors (Lipinski definition) is 0. The topological polar surface area (TPSA) is 12.4 Å². The van der Waals surface area contributed by atoms with E-state index in [9.17, 15) is 0 Å². The zero-order chi connectivity index (χ0) is 10.5. The molecule has 0 atom stereocenters. The van der Waals surface area contributed by atoms with E-state index in [1.165, 1.54) is 0 Å². The van der Waals surface area contributed by atoms with Crippen molar-refractivity contribution in [1.29, 1.82) is 0 Å². The van der Waals surface area contributed by atoms with Crippen molar-refractivity contribution in [3.05, 3.63) is 64.6 Å². The highest BCUT2D eigenvalue weighted by molar-refractivity contribution is 9.10. The monoisotopic (exact) mass is 259 g/mol. The molecule has 0 saturated heterocycles. The molecule has 0 spiro atoms. The number of halogens is 1. The molecule has 0 saturated carbocycles. The minimum absolute atomic E-state index is 0.946. The van der Waals surface area contributed by atoms with Gasteiger partial charge in [-0.15, -0.1) is 0 Å². The Morgan fingerprint density at radius 1 is 0.867 bits per heavy atom. The minimum atomic E-state index is 0.946. The highest BCUT2D eigenvalue weighted by Crippen LogP contribution is 2.23. The number of hydrogen-bond acceptors (Lipinski definition) is 1. The van der Waals surface area contributed by atoms with Gasteiger partial charge in [-0.2, -0.15) is 0 Å². The van der Waals surface area contributed by atoms with Crippen LogP contribution in [0, 0.1) is 0 Å². The molecule has 0 aliphatic carbocycles. The highest BCUT2D eigenvalue weighted by Gasteiger charge is 1.93. The summed E-state index contributed by atoms with van der Waals surface area (Å²) in [5, 5.41) is 0. The van der Waals surface area contributed by atoms with Crippen molar-refractivity contribution >= 4 is 27.8 Å². The van der Waals surface area contributed by atoms with Crippen LogP contribution in [0.3, 0.4) is 0 Å². The summed E-state index contributed by atoms with van der Waals surface area (Å²) in [6, 6.07) is 18.0. The van der Waals surface area contributed by atoms with Crippen LogP contribution in [0.25, 0.3) is 0 Å². The molecule has 0 aromatic heterocycles. The van der Waals surface area contributed by atoms with Crippen LogP contribution in [0.15, 0.2) is 64.1 Å². The second-order valence-electron chi connectivity index (χ2n) is 3.12. The molecule has 0 fully saturated rings. The largest absolute Gasteiger partial charge is 0.255 e. The smallest absolute Gasteiger partial charge is 0.0771 e. The van der Waals surface area contributed by atoms with E-state index >= 15 is 0 Å². The molecule has 0 unspecified atom stereocenters. The second-order valence-corrected chi connectivity index (χ2v) is 3.97. The fraction of sp³-hybridized carbons (Fsp3) is 0. The van der Waals surface area contributed by atoms with E-state index < -0.39 is 0 Å². The molecule has 2 rings (SSSR count). The van der Waals surface area contributed by atoms with Crippen LogP contribution in [0.4, 0.5) is 5.69 Å². The van der Waals surface area contributed by atoms with E-state index in [2.05, 4.69) is 20.9 Å². The van der Waals surface area contributed by atoms with E-state index in [1.807, 2.05) is 60.8 Å². The average molecular weight is 260 g/mol. The third kappa shape index (κ3) is 2.77. The summed E-state index contributed by atoms with van der Waals surface area (Å²) in [7, 11) is 0. The van der Waals surface area contributed by atoms with Crippen LogP contribution in [-0.4, -0.2) is 6.21 Å². The SMILES string of the molecule is Brc1ccccc1N=Cc1ccccc1. The Hall–Kier alpha value is -1.41. The van der Waals surface area contributed by atoms with Crippen LogP contribution >= 0.6 is 15.9 Å². The molecule has 2 heteroatoms. The van der Waals surface area contributed by atoms with E-state index in [0.717, 1.165) is 15.7 Å². The lowest BCUT2D eigenvalue weighted by Gasteiger charge is -1.96. The molecular weight excluding hydrogens is 250 g/mol. The van der Waals surface area contributed by atoms with Crippen molar-refractivity contribution in [2.45, 2.75) is 0 Å². The summed E-state index contributed by atoms with van der Waals surface area (Å²) in [6.45, 7) is 0. The van der Waals surface area contributed by atoms with Gasteiger partial charge in [0.1, 0.15) is 0 Å². The van der Waals surface area contributed by atoms with E-state index in [-0.39, 0.29) is 0 Å². The molecule has 0 radical (unpaired) electrons. The molecule has 0 N–H and O–H groups in total. The Kier molecular flexibility index (Phi) is 3.30. The molecule has 0 heterocycles. The van der Waals surface area contributed by atoms with Gasteiger partial charge in [0, 0.05) is 10.7 Å². The Labute approximate surface area is 97.6 Å². The first-order valence-corrected chi connectivity index (χ1v) is 5.49. The van der Waals surface area contributed by atoms with E-state index in [4.69, 9.17) is 0 Å². The van der Waals surface area contributed by atoms with Crippen molar-refractivity contribution in [1.82, 2.24) is 0 Å². The lowest BCUT2D eigenvalue weighted by atomic mass is 10.2. The fourth-order valence-corrected chi connectivity index (χ4v) is 1.63. The van der Waals surface area contributed by atoms with Gasteiger partial charge in [-0.25, -0.2) is 0 Å². The summed E-state index contributed by atoms with van der Waals surface area (Å²) < 4.78 is 1.01. The first-order valence-electron chi connectivity index (χ1n) is 4.70. The van der Waals surface area contributed by atoms with Gasteiger partial charge in [-0.05, 0) is 33.6 Å². The molecule has 0 bridgehead atoms. The van der Waals surface area contributed by atoms with Crippen molar-refractivity contribution < 1.29 is 0 Å². The molecule has 1 nitrogen and oxygen atoms in total. The molecule has 15 heavy (non-hydrogen) atoms. The molecular formula is C13H10BrN. The summed E-state index contributed by atoms with van der Waals surface area (Å²) in [6.07, 6.45) is 1.86. The number of rotatable bonds is 2. The summed E-state index contributed by atoms with van der Waals surface area (Å²) in [5.41, 5.74) is 2.05. The molecule has 2 aromatic carbocycles. The van der Waals surface area contributed by atoms with Gasteiger partial charge >= 0.3 is 0 Å². The van der Waals surface area contributed by atoms with Crippen LogP contribution in [0.2, 0.25) is 0 Å². The average Bonchev–Trinajstić information content (AvgIpc) is 2.29. The lowest BCUT2D eigenvalue weighted by molar-refractivity contribution is 1.49. The normalized spacial score (nSPS) is 10.7. The molecule has 0 aliphatic heterocycles. The molecule has 0 aliphatic rings. The number of benzene rings is 2. The minimum Gasteiger partial charge on any atom is -0.255 e. The number of aliphatic imine (C=N–C) groups is 1. The standard InChI is InChI=1S/C13H10BrN/c14-12-8-4-5-9-13(12)15-10-11-6-2-1-3-7-11/h1-10H. The maximum Gasteiger partial charge on any atom is 0.0771 e. The molecule has 0 amide bonds. The quantitative estimate of drug-likeness (QED) is 0.717. The van der Waals surface area contributed by atoms with Gasteiger partial charge in [0.25, 0.3) is 0 Å². The van der Waals surface area contributed by atoms with Crippen molar-refractivity contribution in [2.75, 3.05) is 0 Å². The third-order valence-corrected chi connectivity index (χ3v) is 2.68. The Balaban J connectivity index is 2.23. The zero-order valence-corrected chi connectivity index (χ0v) is 9.68. The predicted octanol–water partition coefficient (Wildman–Crippen LogP) is 4.20. The maximum atomic E-state index is 4.40. The first-order chi connectivity index (χ1) is 7.36. The van der Waals surface area contributed by atoms with Crippen LogP contribution in [0.5, 0.6) is 0 Å². The summed E-state index contributed by atoms with van der Waals surface area (Å²) in [4.78, 5) is 4.40. The van der Waals surface area contributed by atoms with Crippen molar-refractivity contribution in [3.8, 4) is 0 Å². The predicted molar refractivity (Wildman–Crippen MR) is 67.8 cm³/mol. The van der Waals surface area contributed by atoms with Gasteiger partial charge in [0.05, 0.1) is 5.69 Å². The Morgan fingerprint density at radius 3 is 2.27 bits per heavy atom. The molecule has 2 aromatic rings. The highest BCUT2D eigenvalue weighted by atomic mass is 79.9. The third-order valence-electron chi connectivity index (χ3n) is 2.00. The lowest BCUT2D eigenvalue weighted by Crippen LogP contribution is -1.78. The van der Waals surface area contributed by atoms with Gasteiger partial charge < -0.3 is 0 Å². The van der Waals surface area contributed by atoms with Gasteiger partial charge in [0.15, 0.2) is 0 Å². The number of nitrogens with zero attached hydrogens (tertiary/aromatic N) is 1. The Morgan fingerprint density at radius 2 is 1.53 bits per heavy atom. The number of para-hydroxylation sites is 1. The fourth-order valence-electron chi connectivity index (χ4n) is 1.24. The van der Waals surface area contributed by atoms with Gasteiger partial charge in [-0.1, -0.05) is 42.5 Å². The molecule has 74 valence electrons. The summed E-state index contributed by atoms with van der Waals surface area (Å²) in [5.74, 6) is 0. The zero-order valence-electron chi connectivity index (χ0n) is 8.10. The van der Waals surface area contributed by atoms with Crippen LogP contribution in [0.1, 0.15) is 5.56 Å². The first kappa shape index (κ1) is 10.1. The van der Waals surface area contributed by atoms with E-state index in [0.29, 0.717) is 0 Å². The van der Waals surface area contributed by atoms with Gasteiger partial charge in [-0.3, -0.25) is 4.99 Å². The maximum absolute atomic E-state index is 4.40. The Bertz CT molecular complexity index is 463. The second kappa shape index (κ2) is 4.89. The van der Waals surface area contributed by atoms with Crippen LogP contribution in [-0.2, 0) is 0 Å². The van der Waals surface area contributed by atoms with E-state index in [1.54, 1.807) is 0 Å². The van der Waals surface area contributed by atoms with Crippen LogP contribution < -0.4 is 0 Å². The van der Waals surface area contributed by atoms with Crippen molar-refractivity contribution in [2.24, 2.45) is 4.99 Å². The summed E-state index contributed by atoms with van der Waals surface area (Å²) >= 11 is 3.46. The van der Waals surface area contributed by atoms with Crippen molar-refractivity contribution in [3.63, 3.8) is 0 Å².